The van der Waals surface area contributed by atoms with Gasteiger partial charge < -0.3 is 41.2 Å². The maximum absolute atomic E-state index is 14.5. The van der Waals surface area contributed by atoms with Gasteiger partial charge in [-0.15, -0.1) is 0 Å². The van der Waals surface area contributed by atoms with Crippen LogP contribution in [0.3, 0.4) is 0 Å². The summed E-state index contributed by atoms with van der Waals surface area (Å²) in [5.74, 6) is -1.61. The Hall–Kier alpha value is -3.76. The maximum Gasteiger partial charge on any atom is 0.472 e. The van der Waals surface area contributed by atoms with Gasteiger partial charge in [-0.3, -0.25) is 28.2 Å². The lowest BCUT2D eigenvalue weighted by Gasteiger charge is -2.59. The fourth-order valence-electron chi connectivity index (χ4n) is 10.4. The predicted molar refractivity (Wildman–Crippen MR) is 210 cm³/mol. The Kier molecular flexibility index (Phi) is 13.2. The van der Waals surface area contributed by atoms with Crippen molar-refractivity contribution in [3.05, 3.63) is 53.6 Å². The van der Waals surface area contributed by atoms with Crippen LogP contribution in [0.5, 0.6) is 0 Å². The number of aliphatic hydroxyl groups is 1. The van der Waals surface area contributed by atoms with Crippen LogP contribution < -0.4 is 21.7 Å². The Morgan fingerprint density at radius 3 is 2.55 bits per heavy atom. The summed E-state index contributed by atoms with van der Waals surface area (Å²) < 4.78 is 36.9. The number of fused-ring (bicyclic) bond motifs is 7. The second-order valence-electron chi connectivity index (χ2n) is 16.7. The zero-order valence-electron chi connectivity index (χ0n) is 33.6. The van der Waals surface area contributed by atoms with Crippen molar-refractivity contribution in [1.29, 1.82) is 0 Å². The standard InChI is InChI=1S/C41H57N4O12P/c1-5-8-35-56-33-20-29-28-15-12-25-19-27(46)16-17-39(25,3)36(28)31(47)21-40(29,4)41(33,57-35)32(48)23-55-58(52,53)54-22-24-10-13-26(14-11-24)44-37(50)30(45-34(49)6-2)9-7-18-43-38(42)51/h10-11,13-14,16-17,19,28-31,33,35-36,47H,5-9,12,15,18,20-23H2,1-4H3,(H,44,50)(H,45,49)(H,52,53)(H3,42,43,51)/t28-,29-,30-,31-,33+,35?,36+,39-,40?,41+/m0/s1. The van der Waals surface area contributed by atoms with Crippen molar-refractivity contribution in [2.45, 2.75) is 122 Å². The van der Waals surface area contributed by atoms with Crippen molar-refractivity contribution in [2.75, 3.05) is 18.5 Å². The van der Waals surface area contributed by atoms with E-state index in [1.165, 1.54) is 0 Å². The number of anilines is 1. The van der Waals surface area contributed by atoms with E-state index in [1.807, 2.05) is 19.9 Å². The molecule has 6 rings (SSSR count). The van der Waals surface area contributed by atoms with Crippen molar-refractivity contribution >= 4 is 42.9 Å². The van der Waals surface area contributed by atoms with E-state index in [0.29, 0.717) is 36.9 Å². The highest BCUT2D eigenvalue weighted by atomic mass is 31.2. The number of allylic oxidation sites excluding steroid dienone is 4. The lowest BCUT2D eigenvalue weighted by atomic mass is 9.46. The van der Waals surface area contributed by atoms with Crippen LogP contribution in [-0.2, 0) is 48.9 Å². The fraction of sp³-hybridized carbons (Fsp3) is 0.634. The van der Waals surface area contributed by atoms with Gasteiger partial charge in [-0.1, -0.05) is 57.9 Å². The first-order valence-electron chi connectivity index (χ1n) is 20.3. The molecule has 17 heteroatoms. The number of hydrogen-bond acceptors (Lipinski definition) is 11. The van der Waals surface area contributed by atoms with Crippen LogP contribution in [0.25, 0.3) is 0 Å². The van der Waals surface area contributed by atoms with Gasteiger partial charge in [-0.2, -0.15) is 0 Å². The molecule has 4 aliphatic carbocycles. The number of Topliss-reactive ketones (excluding diaryl/α,β-unsaturated/α-hetero) is 1. The highest BCUT2D eigenvalue weighted by Crippen LogP contribution is 2.70. The first-order chi connectivity index (χ1) is 27.5. The summed E-state index contributed by atoms with van der Waals surface area (Å²) in [6, 6.07) is 4.73. The third kappa shape index (κ3) is 8.61. The summed E-state index contributed by atoms with van der Waals surface area (Å²) in [4.78, 5) is 73.5. The summed E-state index contributed by atoms with van der Waals surface area (Å²) in [5.41, 5.74) is 4.07. The molecular formula is C41H57N4O12P. The average Bonchev–Trinajstić information content (AvgIpc) is 3.66. The molecule has 1 aromatic carbocycles. The highest BCUT2D eigenvalue weighted by Gasteiger charge is 2.75. The molecule has 7 N–H and O–H groups in total. The van der Waals surface area contributed by atoms with Gasteiger partial charge in [0.2, 0.25) is 11.8 Å². The van der Waals surface area contributed by atoms with Crippen molar-refractivity contribution in [3.63, 3.8) is 0 Å². The SMILES string of the molecule is CCCC1O[C@@H]2C[C@H]3[C@@H]4CCC5=CC(=O)C=C[C@]5(C)[C@H]4[C@@H](O)CC3(C)[C@]2(C(=O)COP(=O)(O)OCc2ccc(NC(=O)[C@H](CCCNC(N)=O)NC(=O)CC)cc2)O1. The summed E-state index contributed by atoms with van der Waals surface area (Å²) >= 11 is 0. The Morgan fingerprint density at radius 2 is 1.86 bits per heavy atom. The van der Waals surface area contributed by atoms with Gasteiger partial charge in [0, 0.05) is 35.4 Å². The van der Waals surface area contributed by atoms with E-state index in [1.54, 1.807) is 43.3 Å². The van der Waals surface area contributed by atoms with Crippen LogP contribution in [0, 0.1) is 28.6 Å². The molecular weight excluding hydrogens is 771 g/mol. The van der Waals surface area contributed by atoms with E-state index >= 15 is 0 Å². The number of rotatable bonds is 17. The Morgan fingerprint density at radius 1 is 1.12 bits per heavy atom. The van der Waals surface area contributed by atoms with E-state index in [2.05, 4.69) is 22.9 Å². The van der Waals surface area contributed by atoms with E-state index < -0.39 is 73.1 Å². The molecule has 4 amide bonds. The lowest BCUT2D eigenvalue weighted by molar-refractivity contribution is -0.200. The number of ketones is 2. The molecule has 58 heavy (non-hydrogen) atoms. The number of hydrogen-bond donors (Lipinski definition) is 6. The molecule has 5 aliphatic rings. The van der Waals surface area contributed by atoms with Crippen molar-refractivity contribution in [2.24, 2.45) is 34.3 Å². The molecule has 1 heterocycles. The normalized spacial score (nSPS) is 33.7. The fourth-order valence-corrected chi connectivity index (χ4v) is 11.1. The molecule has 16 nitrogen and oxygen atoms in total. The van der Waals surface area contributed by atoms with Crippen LogP contribution in [0.4, 0.5) is 10.5 Å². The molecule has 318 valence electrons. The van der Waals surface area contributed by atoms with Crippen LogP contribution >= 0.6 is 7.82 Å². The number of urea groups is 1. The minimum atomic E-state index is -4.78. The summed E-state index contributed by atoms with van der Waals surface area (Å²) in [7, 11) is -4.78. The molecule has 1 saturated heterocycles. The molecule has 0 radical (unpaired) electrons. The van der Waals surface area contributed by atoms with Crippen molar-refractivity contribution in [3.8, 4) is 0 Å². The number of benzene rings is 1. The van der Waals surface area contributed by atoms with Crippen LogP contribution in [0.15, 0.2) is 48.1 Å². The number of nitrogens with one attached hydrogen (secondary N) is 3. The molecule has 4 fully saturated rings. The monoisotopic (exact) mass is 828 g/mol. The number of carbonyl (C=O) groups excluding carboxylic acids is 5. The second kappa shape index (κ2) is 17.5. The Bertz CT molecular complexity index is 1870. The van der Waals surface area contributed by atoms with Crippen molar-refractivity contribution < 1.29 is 57.1 Å². The van der Waals surface area contributed by atoms with Gasteiger partial charge in [-0.05, 0) is 86.6 Å². The van der Waals surface area contributed by atoms with Crippen LogP contribution in [-0.4, -0.2) is 82.7 Å². The van der Waals surface area contributed by atoms with Gasteiger partial charge >= 0.3 is 13.9 Å². The van der Waals surface area contributed by atoms with Gasteiger partial charge in [0.05, 0.1) is 18.8 Å². The van der Waals surface area contributed by atoms with Crippen LogP contribution in [0.1, 0.15) is 91.0 Å². The van der Waals surface area contributed by atoms with E-state index in [-0.39, 0.29) is 61.9 Å². The van der Waals surface area contributed by atoms with E-state index in [0.717, 1.165) is 18.4 Å². The van der Waals surface area contributed by atoms with Gasteiger partial charge in [0.25, 0.3) is 0 Å². The summed E-state index contributed by atoms with van der Waals surface area (Å²) in [6.07, 6.45) is 7.37. The number of carbonyl (C=O) groups is 5. The molecule has 1 aromatic rings. The number of primary amides is 1. The summed E-state index contributed by atoms with van der Waals surface area (Å²) in [5, 5.41) is 19.8. The summed E-state index contributed by atoms with van der Waals surface area (Å²) in [6.45, 7) is 6.79. The smallest absolute Gasteiger partial charge is 0.393 e. The zero-order chi connectivity index (χ0) is 42.0. The molecule has 3 unspecified atom stereocenters. The van der Waals surface area contributed by atoms with E-state index in [9.17, 15) is 38.5 Å². The molecule has 0 aromatic heterocycles. The highest BCUT2D eigenvalue weighted by molar-refractivity contribution is 7.47. The number of amides is 4. The van der Waals surface area contributed by atoms with Gasteiger partial charge in [0.1, 0.15) is 12.6 Å². The first-order valence-corrected chi connectivity index (χ1v) is 21.8. The zero-order valence-corrected chi connectivity index (χ0v) is 34.5. The lowest BCUT2D eigenvalue weighted by Crippen LogP contribution is -2.63. The third-order valence-electron chi connectivity index (χ3n) is 13.1. The molecule has 0 spiro atoms. The number of ether oxygens (including phenoxy) is 2. The topological polar surface area (TPSA) is 242 Å². The minimum absolute atomic E-state index is 0.00850. The number of phosphoric acid groups is 1. The minimum Gasteiger partial charge on any atom is -0.393 e. The van der Waals surface area contributed by atoms with Gasteiger partial charge in [0.15, 0.2) is 23.5 Å². The van der Waals surface area contributed by atoms with E-state index in [4.69, 9.17) is 24.3 Å². The largest absolute Gasteiger partial charge is 0.472 e. The Labute approximate surface area is 338 Å². The number of phosphoric ester groups is 1. The molecule has 3 saturated carbocycles. The Balaban J connectivity index is 1.09. The molecule has 0 bridgehead atoms. The number of nitrogens with two attached hydrogens (primary N) is 1. The average molecular weight is 829 g/mol. The predicted octanol–water partition coefficient (Wildman–Crippen LogP) is 4.34. The van der Waals surface area contributed by atoms with Gasteiger partial charge in [-0.25, -0.2) is 9.36 Å². The molecule has 1 aliphatic heterocycles. The number of aliphatic hydroxyl groups excluding tert-OH is 1. The maximum atomic E-state index is 14.5. The van der Waals surface area contributed by atoms with Crippen LogP contribution in [0.2, 0.25) is 0 Å². The third-order valence-corrected chi connectivity index (χ3v) is 14.1. The molecule has 11 atom stereocenters. The second-order valence-corrected chi connectivity index (χ2v) is 18.1. The first kappa shape index (κ1) is 43.8. The quantitative estimate of drug-likeness (QED) is 0.0950. The van der Waals surface area contributed by atoms with Crippen molar-refractivity contribution in [1.82, 2.24) is 10.6 Å².